The molecule has 3 rings (SSSR count). The number of benzene rings is 1. The van der Waals surface area contributed by atoms with Crippen LogP contribution in [0.4, 0.5) is 0 Å². The second-order valence-corrected chi connectivity index (χ2v) is 7.19. The van der Waals surface area contributed by atoms with Gasteiger partial charge < -0.3 is 5.32 Å². The molecule has 20 heavy (non-hydrogen) atoms. The van der Waals surface area contributed by atoms with E-state index >= 15 is 0 Å². The molecule has 1 heterocycles. The molecule has 3 heteroatoms. The summed E-state index contributed by atoms with van der Waals surface area (Å²) in [6.07, 6.45) is 10.4. The van der Waals surface area contributed by atoms with Gasteiger partial charge in [-0.3, -0.25) is 4.79 Å². The molecule has 0 atom stereocenters. The lowest BCUT2D eigenvalue weighted by molar-refractivity contribution is 0.0918. The number of nitrogens with one attached hydrogen (secondary N) is 1. The molecule has 1 fully saturated rings. The van der Waals surface area contributed by atoms with Gasteiger partial charge in [-0.1, -0.05) is 60.5 Å². The Balaban J connectivity index is 2.00. The summed E-state index contributed by atoms with van der Waals surface area (Å²) in [5.41, 5.74) is 2.34. The van der Waals surface area contributed by atoms with Crippen molar-refractivity contribution >= 4 is 21.8 Å². The zero-order valence-corrected chi connectivity index (χ0v) is 13.5. The number of hydrogen-bond acceptors (Lipinski definition) is 1. The third-order valence-corrected chi connectivity index (χ3v) is 5.44. The van der Waals surface area contributed by atoms with Gasteiger partial charge in [-0.05, 0) is 30.5 Å². The fourth-order valence-electron chi connectivity index (χ4n) is 3.81. The van der Waals surface area contributed by atoms with E-state index in [0.29, 0.717) is 0 Å². The van der Waals surface area contributed by atoms with Crippen molar-refractivity contribution < 1.29 is 4.79 Å². The third kappa shape index (κ3) is 2.65. The van der Waals surface area contributed by atoms with E-state index in [9.17, 15) is 4.79 Å². The summed E-state index contributed by atoms with van der Waals surface area (Å²) in [5.74, 6) is 0.0896. The molecule has 108 valence electrons. The number of fused-ring (bicyclic) bond motifs is 2. The summed E-state index contributed by atoms with van der Waals surface area (Å²) >= 11 is 3.49. The van der Waals surface area contributed by atoms with E-state index in [1.54, 1.807) is 0 Å². The number of amides is 1. The molecule has 0 radical (unpaired) electrons. The van der Waals surface area contributed by atoms with Gasteiger partial charge in [0.1, 0.15) is 0 Å². The maximum absolute atomic E-state index is 12.2. The van der Waals surface area contributed by atoms with Crippen LogP contribution in [-0.4, -0.2) is 12.5 Å². The minimum Gasteiger partial charge on any atom is -0.351 e. The molecule has 1 aliphatic carbocycles. The lowest BCUT2D eigenvalue weighted by atomic mass is 9.69. The number of rotatable bonds is 0. The minimum atomic E-state index is 0.0896. The summed E-state index contributed by atoms with van der Waals surface area (Å²) < 4.78 is 0.992. The minimum absolute atomic E-state index is 0.0896. The maximum Gasteiger partial charge on any atom is 0.251 e. The molecule has 1 aliphatic heterocycles. The van der Waals surface area contributed by atoms with Crippen molar-refractivity contribution in [3.63, 3.8) is 0 Å². The Morgan fingerprint density at radius 2 is 1.65 bits per heavy atom. The molecule has 1 aromatic carbocycles. The van der Waals surface area contributed by atoms with Crippen LogP contribution in [0.1, 0.15) is 67.3 Å². The van der Waals surface area contributed by atoms with E-state index in [1.165, 1.54) is 56.9 Å². The first-order chi connectivity index (χ1) is 9.71. The van der Waals surface area contributed by atoms with Crippen LogP contribution in [0.15, 0.2) is 22.7 Å². The van der Waals surface area contributed by atoms with Gasteiger partial charge in [0.2, 0.25) is 0 Å². The Kier molecular flexibility index (Phi) is 4.16. The fraction of sp³-hybridized carbons (Fsp3) is 0.588. The second-order valence-electron chi connectivity index (χ2n) is 6.27. The number of hydrogen-bond donors (Lipinski definition) is 1. The quantitative estimate of drug-likeness (QED) is 0.739. The molecule has 2 aliphatic rings. The highest BCUT2D eigenvalue weighted by atomic mass is 79.9. The number of carbonyl (C=O) groups is 1. The largest absolute Gasteiger partial charge is 0.351 e. The van der Waals surface area contributed by atoms with Gasteiger partial charge in [0.15, 0.2) is 0 Å². The van der Waals surface area contributed by atoms with Crippen LogP contribution in [0.5, 0.6) is 0 Å². The van der Waals surface area contributed by atoms with Crippen LogP contribution in [0.3, 0.4) is 0 Å². The monoisotopic (exact) mass is 335 g/mol. The fourth-order valence-corrected chi connectivity index (χ4v) is 4.17. The zero-order valence-electron chi connectivity index (χ0n) is 11.9. The van der Waals surface area contributed by atoms with E-state index in [-0.39, 0.29) is 11.3 Å². The summed E-state index contributed by atoms with van der Waals surface area (Å²) in [6, 6.07) is 6.25. The molecule has 1 aromatic rings. The summed E-state index contributed by atoms with van der Waals surface area (Å²) in [4.78, 5) is 12.2. The van der Waals surface area contributed by atoms with Crippen molar-refractivity contribution in [1.29, 1.82) is 0 Å². The van der Waals surface area contributed by atoms with Crippen molar-refractivity contribution in [1.82, 2.24) is 5.32 Å². The van der Waals surface area contributed by atoms with Crippen LogP contribution >= 0.6 is 15.9 Å². The van der Waals surface area contributed by atoms with E-state index in [0.717, 1.165) is 16.6 Å². The topological polar surface area (TPSA) is 29.1 Å². The Hall–Kier alpha value is -0.830. The molecule has 1 amide bonds. The standard InChI is InChI=1S/C17H22BrNO/c18-13-7-8-15-14(11-13)16(20)19-12-17(15)9-5-3-1-2-4-6-10-17/h7-8,11H,1-6,9-10,12H2,(H,19,20). The Morgan fingerprint density at radius 1 is 1.00 bits per heavy atom. The summed E-state index contributed by atoms with van der Waals surface area (Å²) in [5, 5.41) is 3.13. The molecular weight excluding hydrogens is 314 g/mol. The van der Waals surface area contributed by atoms with E-state index < -0.39 is 0 Å². The van der Waals surface area contributed by atoms with Gasteiger partial charge in [0.05, 0.1) is 0 Å². The first-order valence-electron chi connectivity index (χ1n) is 7.80. The van der Waals surface area contributed by atoms with Crippen molar-refractivity contribution in [2.75, 3.05) is 6.54 Å². The Morgan fingerprint density at radius 3 is 2.35 bits per heavy atom. The molecule has 0 bridgehead atoms. The highest BCUT2D eigenvalue weighted by Gasteiger charge is 2.38. The predicted octanol–water partition coefficient (Wildman–Crippen LogP) is 4.56. The van der Waals surface area contributed by atoms with Crippen molar-refractivity contribution in [2.45, 2.75) is 56.8 Å². The molecule has 0 unspecified atom stereocenters. The van der Waals surface area contributed by atoms with Gasteiger partial charge in [0, 0.05) is 22.0 Å². The first kappa shape index (κ1) is 14.1. The lowest BCUT2D eigenvalue weighted by Crippen LogP contribution is -2.47. The van der Waals surface area contributed by atoms with Gasteiger partial charge >= 0.3 is 0 Å². The van der Waals surface area contributed by atoms with Crippen LogP contribution in [-0.2, 0) is 5.41 Å². The highest BCUT2D eigenvalue weighted by molar-refractivity contribution is 9.10. The van der Waals surface area contributed by atoms with Gasteiger partial charge in [-0.15, -0.1) is 0 Å². The van der Waals surface area contributed by atoms with Crippen molar-refractivity contribution in [3.05, 3.63) is 33.8 Å². The van der Waals surface area contributed by atoms with Gasteiger partial charge in [-0.2, -0.15) is 0 Å². The predicted molar refractivity (Wildman–Crippen MR) is 85.1 cm³/mol. The first-order valence-corrected chi connectivity index (χ1v) is 8.59. The van der Waals surface area contributed by atoms with Crippen molar-refractivity contribution in [3.8, 4) is 0 Å². The highest BCUT2D eigenvalue weighted by Crippen LogP contribution is 2.41. The Labute approximate surface area is 129 Å². The molecular formula is C17H22BrNO. The molecule has 1 saturated carbocycles. The normalized spacial score (nSPS) is 22.4. The van der Waals surface area contributed by atoms with Gasteiger partial charge in [0.25, 0.3) is 5.91 Å². The molecule has 1 spiro atoms. The van der Waals surface area contributed by atoms with Crippen molar-refractivity contribution in [2.24, 2.45) is 0 Å². The average Bonchev–Trinajstić information content (AvgIpc) is 2.56. The second kappa shape index (κ2) is 5.88. The van der Waals surface area contributed by atoms with Crippen LogP contribution in [0, 0.1) is 0 Å². The molecule has 0 aromatic heterocycles. The van der Waals surface area contributed by atoms with E-state index in [2.05, 4.69) is 33.4 Å². The third-order valence-electron chi connectivity index (χ3n) is 4.95. The Bertz CT molecular complexity index is 502. The summed E-state index contributed by atoms with van der Waals surface area (Å²) in [7, 11) is 0. The average molecular weight is 336 g/mol. The summed E-state index contributed by atoms with van der Waals surface area (Å²) in [6.45, 7) is 0.820. The van der Waals surface area contributed by atoms with E-state index in [1.807, 2.05) is 6.07 Å². The lowest BCUT2D eigenvalue weighted by Gasteiger charge is -2.39. The van der Waals surface area contributed by atoms with E-state index in [4.69, 9.17) is 0 Å². The van der Waals surface area contributed by atoms with Crippen LogP contribution in [0.2, 0.25) is 0 Å². The van der Waals surface area contributed by atoms with Gasteiger partial charge in [-0.25, -0.2) is 0 Å². The SMILES string of the molecule is O=C1NCC2(CCCCCCCC2)c2ccc(Br)cc21. The maximum atomic E-state index is 12.2. The zero-order chi connectivity index (χ0) is 14.0. The van der Waals surface area contributed by atoms with Crippen LogP contribution in [0.25, 0.3) is 0 Å². The molecule has 0 saturated heterocycles. The van der Waals surface area contributed by atoms with Crippen LogP contribution < -0.4 is 5.32 Å². The molecule has 1 N–H and O–H groups in total. The molecule has 2 nitrogen and oxygen atoms in total. The number of carbonyl (C=O) groups excluding carboxylic acids is 1. The smallest absolute Gasteiger partial charge is 0.251 e. The number of halogens is 1.